The predicted molar refractivity (Wildman–Crippen MR) is 78.6 cm³/mol. The summed E-state index contributed by atoms with van der Waals surface area (Å²) in [7, 11) is 1.58. The first-order valence-electron chi connectivity index (χ1n) is 7.32. The summed E-state index contributed by atoms with van der Waals surface area (Å²) in [6.07, 6.45) is 1.93. The van der Waals surface area contributed by atoms with Crippen molar-refractivity contribution >= 4 is 0 Å². The highest BCUT2D eigenvalue weighted by molar-refractivity contribution is 5.58. The molecule has 3 heterocycles. The summed E-state index contributed by atoms with van der Waals surface area (Å²) < 4.78 is 15.9. The third-order valence-electron chi connectivity index (χ3n) is 3.72. The van der Waals surface area contributed by atoms with Gasteiger partial charge in [-0.15, -0.1) is 0 Å². The summed E-state index contributed by atoms with van der Waals surface area (Å²) in [5.74, 6) is 0.928. The quantitative estimate of drug-likeness (QED) is 0.926. The highest BCUT2D eigenvalue weighted by Crippen LogP contribution is 2.26. The normalized spacial score (nSPS) is 18.5. The van der Waals surface area contributed by atoms with E-state index in [-0.39, 0.29) is 11.5 Å². The van der Waals surface area contributed by atoms with Gasteiger partial charge in [0.15, 0.2) is 0 Å². The number of aryl methyl sites for hydroxylation is 1. The lowest BCUT2D eigenvalue weighted by Crippen LogP contribution is -2.16. The van der Waals surface area contributed by atoms with Gasteiger partial charge in [-0.1, -0.05) is 5.16 Å². The van der Waals surface area contributed by atoms with Crippen molar-refractivity contribution in [3.63, 3.8) is 0 Å². The molecule has 7 nitrogen and oxygen atoms in total. The summed E-state index contributed by atoms with van der Waals surface area (Å²) >= 11 is 0. The molecule has 0 amide bonds. The van der Waals surface area contributed by atoms with E-state index < -0.39 is 0 Å². The first kappa shape index (κ1) is 14.9. The van der Waals surface area contributed by atoms with Crippen molar-refractivity contribution in [2.75, 3.05) is 20.3 Å². The van der Waals surface area contributed by atoms with Crippen LogP contribution in [0.25, 0.3) is 11.4 Å². The van der Waals surface area contributed by atoms with Crippen LogP contribution < -0.4 is 5.56 Å². The first-order valence-corrected chi connectivity index (χ1v) is 7.32. The van der Waals surface area contributed by atoms with Crippen molar-refractivity contribution in [1.29, 1.82) is 0 Å². The molecule has 0 saturated carbocycles. The minimum absolute atomic E-state index is 0.102. The Balaban J connectivity index is 1.97. The molecule has 2 aromatic heterocycles. The Morgan fingerprint density at radius 1 is 1.50 bits per heavy atom. The van der Waals surface area contributed by atoms with Crippen molar-refractivity contribution < 1.29 is 14.0 Å². The monoisotopic (exact) mass is 305 g/mol. The zero-order valence-corrected chi connectivity index (χ0v) is 12.7. The fraction of sp³-hybridized carbons (Fsp3) is 0.533. The molecule has 0 spiro atoms. The van der Waals surface area contributed by atoms with E-state index in [2.05, 4.69) is 15.1 Å². The largest absolute Gasteiger partial charge is 0.381 e. The molecule has 1 N–H and O–H groups in total. The Hall–Kier alpha value is -1.99. The Morgan fingerprint density at radius 2 is 2.36 bits per heavy atom. The number of H-pyrrole nitrogens is 1. The lowest BCUT2D eigenvalue weighted by atomic mass is 10.0. The second kappa shape index (κ2) is 6.41. The highest BCUT2D eigenvalue weighted by Gasteiger charge is 2.24. The van der Waals surface area contributed by atoms with Crippen LogP contribution in [0.5, 0.6) is 0 Å². The first-order chi connectivity index (χ1) is 10.7. The fourth-order valence-electron chi connectivity index (χ4n) is 2.71. The molecule has 3 rings (SSSR count). The molecule has 7 heteroatoms. The number of pyridine rings is 1. The number of rotatable bonds is 4. The Kier molecular flexibility index (Phi) is 4.35. The number of hydrogen-bond donors (Lipinski definition) is 1. The zero-order valence-electron chi connectivity index (χ0n) is 12.7. The molecular formula is C15H19N3O4. The second-order valence-corrected chi connectivity index (χ2v) is 5.49. The third-order valence-corrected chi connectivity index (χ3v) is 3.72. The lowest BCUT2D eigenvalue weighted by molar-refractivity contribution is 0.0705. The summed E-state index contributed by atoms with van der Waals surface area (Å²) in [5, 5.41) is 3.98. The number of nitrogens with zero attached hydrogens (tertiary/aromatic N) is 2. The van der Waals surface area contributed by atoms with E-state index in [1.54, 1.807) is 7.11 Å². The van der Waals surface area contributed by atoms with Crippen molar-refractivity contribution in [1.82, 2.24) is 15.1 Å². The zero-order chi connectivity index (χ0) is 15.5. The standard InChI is InChI=1S/C15H19N3O4/c1-9-6-11(7-20-2)12(14(19)16-9)13-17-15(22-18-13)10-4-3-5-21-8-10/h6,10H,3-5,7-8H2,1-2H3,(H,16,19). The topological polar surface area (TPSA) is 90.2 Å². The van der Waals surface area contributed by atoms with Gasteiger partial charge in [-0.3, -0.25) is 4.79 Å². The molecule has 0 aliphatic carbocycles. The van der Waals surface area contributed by atoms with Crippen LogP contribution in [-0.2, 0) is 16.1 Å². The smallest absolute Gasteiger partial charge is 0.259 e. The number of nitrogens with one attached hydrogen (secondary N) is 1. The van der Waals surface area contributed by atoms with Crippen LogP contribution in [0.15, 0.2) is 15.4 Å². The Morgan fingerprint density at radius 3 is 3.09 bits per heavy atom. The van der Waals surface area contributed by atoms with Crippen molar-refractivity contribution in [3.8, 4) is 11.4 Å². The van der Waals surface area contributed by atoms with Crippen LogP contribution in [0.4, 0.5) is 0 Å². The van der Waals surface area contributed by atoms with Gasteiger partial charge in [-0.2, -0.15) is 4.98 Å². The van der Waals surface area contributed by atoms with Gasteiger partial charge in [0, 0.05) is 19.4 Å². The molecular weight excluding hydrogens is 286 g/mol. The van der Waals surface area contributed by atoms with Crippen LogP contribution >= 0.6 is 0 Å². The van der Waals surface area contributed by atoms with Gasteiger partial charge in [0.2, 0.25) is 11.7 Å². The van der Waals surface area contributed by atoms with Crippen LogP contribution in [0, 0.1) is 6.92 Å². The molecule has 1 aliphatic rings. The fourth-order valence-corrected chi connectivity index (χ4v) is 2.71. The van der Waals surface area contributed by atoms with E-state index in [4.69, 9.17) is 14.0 Å². The molecule has 1 saturated heterocycles. The van der Waals surface area contributed by atoms with E-state index in [1.165, 1.54) is 0 Å². The molecule has 22 heavy (non-hydrogen) atoms. The maximum absolute atomic E-state index is 12.3. The molecule has 1 atom stereocenters. The molecule has 2 aromatic rings. The molecule has 1 fully saturated rings. The average molecular weight is 305 g/mol. The molecule has 1 unspecified atom stereocenters. The van der Waals surface area contributed by atoms with E-state index >= 15 is 0 Å². The van der Waals surface area contributed by atoms with Crippen molar-refractivity contribution in [2.24, 2.45) is 0 Å². The van der Waals surface area contributed by atoms with Crippen LogP contribution in [0.2, 0.25) is 0 Å². The van der Waals surface area contributed by atoms with E-state index in [0.717, 1.165) is 30.7 Å². The second-order valence-electron chi connectivity index (χ2n) is 5.49. The summed E-state index contributed by atoms with van der Waals surface area (Å²) in [5.41, 5.74) is 1.68. The van der Waals surface area contributed by atoms with E-state index in [1.807, 2.05) is 13.0 Å². The van der Waals surface area contributed by atoms with Gasteiger partial charge in [0.1, 0.15) is 0 Å². The number of methoxy groups -OCH3 is 1. The van der Waals surface area contributed by atoms with Gasteiger partial charge in [-0.25, -0.2) is 0 Å². The summed E-state index contributed by atoms with van der Waals surface area (Å²) in [6.45, 7) is 3.49. The Bertz CT molecular complexity index is 701. The van der Waals surface area contributed by atoms with E-state index in [9.17, 15) is 4.79 Å². The molecule has 0 radical (unpaired) electrons. The molecule has 118 valence electrons. The number of ether oxygens (including phenoxy) is 2. The van der Waals surface area contributed by atoms with Gasteiger partial charge in [-0.05, 0) is 31.4 Å². The van der Waals surface area contributed by atoms with Crippen molar-refractivity contribution in [2.45, 2.75) is 32.3 Å². The lowest BCUT2D eigenvalue weighted by Gasteiger charge is -2.18. The molecule has 0 aromatic carbocycles. The third kappa shape index (κ3) is 2.95. The average Bonchev–Trinajstić information content (AvgIpc) is 2.97. The number of aromatic amines is 1. The van der Waals surface area contributed by atoms with Gasteiger partial charge in [0.05, 0.1) is 24.7 Å². The highest BCUT2D eigenvalue weighted by atomic mass is 16.5. The van der Waals surface area contributed by atoms with E-state index in [0.29, 0.717) is 30.5 Å². The van der Waals surface area contributed by atoms with Gasteiger partial charge in [0.25, 0.3) is 5.56 Å². The Labute approximate surface area is 127 Å². The maximum Gasteiger partial charge on any atom is 0.259 e. The molecule has 1 aliphatic heterocycles. The predicted octanol–water partition coefficient (Wildman–Crippen LogP) is 1.77. The number of hydrogen-bond acceptors (Lipinski definition) is 6. The number of aromatic nitrogens is 3. The van der Waals surface area contributed by atoms with Crippen molar-refractivity contribution in [3.05, 3.63) is 33.6 Å². The maximum atomic E-state index is 12.3. The molecule has 0 bridgehead atoms. The van der Waals surface area contributed by atoms with Crippen LogP contribution in [0.1, 0.15) is 35.9 Å². The minimum atomic E-state index is -0.237. The van der Waals surface area contributed by atoms with Crippen LogP contribution in [0.3, 0.4) is 0 Å². The SMILES string of the molecule is COCc1cc(C)[nH]c(=O)c1-c1noc(C2CCCOC2)n1. The van der Waals surface area contributed by atoms with Crippen LogP contribution in [-0.4, -0.2) is 35.4 Å². The van der Waals surface area contributed by atoms with Gasteiger partial charge < -0.3 is 19.0 Å². The van der Waals surface area contributed by atoms with Gasteiger partial charge >= 0.3 is 0 Å². The summed E-state index contributed by atoms with van der Waals surface area (Å²) in [6, 6.07) is 1.86. The minimum Gasteiger partial charge on any atom is -0.381 e. The summed E-state index contributed by atoms with van der Waals surface area (Å²) in [4.78, 5) is 19.4.